The van der Waals surface area contributed by atoms with E-state index in [9.17, 15) is 14.6 Å². The molecule has 1 atom stereocenters. The van der Waals surface area contributed by atoms with Gasteiger partial charge in [-0.25, -0.2) is 4.39 Å². The predicted octanol–water partition coefficient (Wildman–Crippen LogP) is 2.48. The Labute approximate surface area is 104 Å². The average Bonchev–Trinajstić information content (AvgIpc) is 2.32. The summed E-state index contributed by atoms with van der Waals surface area (Å²) in [5, 5.41) is 18.9. The summed E-state index contributed by atoms with van der Waals surface area (Å²) in [5.74, 6) is -0.338. The molecule has 2 rings (SSSR count). The third-order valence-corrected chi connectivity index (χ3v) is 2.78. The molecule has 0 amide bonds. The molecule has 0 aromatic heterocycles. The van der Waals surface area contributed by atoms with E-state index in [1.165, 1.54) is 24.3 Å². The molecule has 18 heavy (non-hydrogen) atoms. The second-order valence-corrected chi connectivity index (χ2v) is 4.18. The van der Waals surface area contributed by atoms with Crippen molar-refractivity contribution >= 4 is 0 Å². The summed E-state index contributed by atoms with van der Waals surface area (Å²) in [4.78, 5) is 0. The van der Waals surface area contributed by atoms with Crippen LogP contribution in [0.3, 0.4) is 0 Å². The fourth-order valence-electron chi connectivity index (χ4n) is 1.83. The SMILES string of the molecule is NC(Cc1ccc(F)cc1)c1ccc(O)cc1O. The second kappa shape index (κ2) is 5.06. The van der Waals surface area contributed by atoms with Crippen molar-refractivity contribution in [1.29, 1.82) is 0 Å². The summed E-state index contributed by atoms with van der Waals surface area (Å²) in [6, 6.07) is 9.96. The standard InChI is InChI=1S/C14H14FNO2/c15-10-3-1-9(2-4-10)7-13(16)12-6-5-11(17)8-14(12)18/h1-6,8,13,17-18H,7,16H2. The van der Waals surface area contributed by atoms with E-state index in [2.05, 4.69) is 0 Å². The minimum atomic E-state index is -0.406. The van der Waals surface area contributed by atoms with Crippen LogP contribution in [-0.2, 0) is 6.42 Å². The minimum absolute atomic E-state index is 0.00904. The lowest BCUT2D eigenvalue weighted by molar-refractivity contribution is 0.441. The van der Waals surface area contributed by atoms with Gasteiger partial charge in [-0.15, -0.1) is 0 Å². The highest BCUT2D eigenvalue weighted by Gasteiger charge is 2.12. The van der Waals surface area contributed by atoms with Gasteiger partial charge in [-0.05, 0) is 30.2 Å². The Balaban J connectivity index is 2.16. The largest absolute Gasteiger partial charge is 0.508 e. The molecule has 4 heteroatoms. The molecule has 0 heterocycles. The Bertz CT molecular complexity index is 540. The molecule has 0 saturated heterocycles. The molecule has 0 bridgehead atoms. The van der Waals surface area contributed by atoms with Crippen LogP contribution in [0.5, 0.6) is 11.5 Å². The molecule has 0 saturated carbocycles. The smallest absolute Gasteiger partial charge is 0.124 e. The highest BCUT2D eigenvalue weighted by atomic mass is 19.1. The zero-order valence-electron chi connectivity index (χ0n) is 9.68. The highest BCUT2D eigenvalue weighted by Crippen LogP contribution is 2.28. The van der Waals surface area contributed by atoms with E-state index in [1.807, 2.05) is 0 Å². The molecule has 3 nitrogen and oxygen atoms in total. The first-order chi connectivity index (χ1) is 8.56. The summed E-state index contributed by atoms with van der Waals surface area (Å²) in [5.41, 5.74) is 7.42. The molecule has 0 radical (unpaired) electrons. The monoisotopic (exact) mass is 247 g/mol. The molecule has 0 aliphatic rings. The van der Waals surface area contributed by atoms with Gasteiger partial charge in [0.15, 0.2) is 0 Å². The number of halogens is 1. The number of phenols is 2. The van der Waals surface area contributed by atoms with E-state index in [-0.39, 0.29) is 17.3 Å². The van der Waals surface area contributed by atoms with Crippen molar-refractivity contribution in [2.45, 2.75) is 12.5 Å². The van der Waals surface area contributed by atoms with Gasteiger partial charge in [0.2, 0.25) is 0 Å². The van der Waals surface area contributed by atoms with E-state index in [0.29, 0.717) is 12.0 Å². The quantitative estimate of drug-likeness (QED) is 0.780. The average molecular weight is 247 g/mol. The van der Waals surface area contributed by atoms with Gasteiger partial charge < -0.3 is 15.9 Å². The number of benzene rings is 2. The number of aromatic hydroxyl groups is 2. The van der Waals surface area contributed by atoms with Crippen LogP contribution in [0.4, 0.5) is 4.39 Å². The zero-order valence-corrected chi connectivity index (χ0v) is 9.68. The lowest BCUT2D eigenvalue weighted by Gasteiger charge is -2.14. The van der Waals surface area contributed by atoms with Crippen LogP contribution in [0.25, 0.3) is 0 Å². The Hall–Kier alpha value is -2.07. The summed E-state index contributed by atoms with van der Waals surface area (Å²) < 4.78 is 12.8. The van der Waals surface area contributed by atoms with Crippen molar-refractivity contribution in [3.05, 3.63) is 59.4 Å². The minimum Gasteiger partial charge on any atom is -0.508 e. The summed E-state index contributed by atoms with van der Waals surface area (Å²) >= 11 is 0. The van der Waals surface area contributed by atoms with Crippen molar-refractivity contribution < 1.29 is 14.6 Å². The molecule has 0 spiro atoms. The van der Waals surface area contributed by atoms with Crippen molar-refractivity contribution in [2.24, 2.45) is 5.73 Å². The van der Waals surface area contributed by atoms with Crippen molar-refractivity contribution in [3.63, 3.8) is 0 Å². The first-order valence-electron chi connectivity index (χ1n) is 5.58. The van der Waals surface area contributed by atoms with Gasteiger partial charge in [0, 0.05) is 17.7 Å². The molecule has 4 N–H and O–H groups in total. The van der Waals surface area contributed by atoms with Gasteiger partial charge in [-0.2, -0.15) is 0 Å². The molecule has 1 unspecified atom stereocenters. The first kappa shape index (κ1) is 12.4. The van der Waals surface area contributed by atoms with Gasteiger partial charge >= 0.3 is 0 Å². The van der Waals surface area contributed by atoms with Gasteiger partial charge in [0.05, 0.1) is 0 Å². The van der Waals surface area contributed by atoms with Crippen LogP contribution in [0.1, 0.15) is 17.2 Å². The maximum Gasteiger partial charge on any atom is 0.124 e. The van der Waals surface area contributed by atoms with E-state index in [0.717, 1.165) is 5.56 Å². The molecular weight excluding hydrogens is 233 g/mol. The third kappa shape index (κ3) is 2.78. The van der Waals surface area contributed by atoms with Crippen LogP contribution >= 0.6 is 0 Å². The lowest BCUT2D eigenvalue weighted by Crippen LogP contribution is -2.13. The van der Waals surface area contributed by atoms with Crippen molar-refractivity contribution in [3.8, 4) is 11.5 Å². The van der Waals surface area contributed by atoms with Gasteiger partial charge in [-0.1, -0.05) is 18.2 Å². The van der Waals surface area contributed by atoms with Gasteiger partial charge in [-0.3, -0.25) is 0 Å². The molecule has 94 valence electrons. The van der Waals surface area contributed by atoms with Crippen molar-refractivity contribution in [2.75, 3.05) is 0 Å². The fourth-order valence-corrected chi connectivity index (χ4v) is 1.83. The number of hydrogen-bond donors (Lipinski definition) is 3. The van der Waals surface area contributed by atoms with Crippen LogP contribution < -0.4 is 5.73 Å². The number of hydrogen-bond acceptors (Lipinski definition) is 3. The Morgan fingerprint density at radius 3 is 2.33 bits per heavy atom. The Morgan fingerprint density at radius 1 is 1.06 bits per heavy atom. The summed E-state index contributed by atoms with van der Waals surface area (Å²) in [6.45, 7) is 0. The summed E-state index contributed by atoms with van der Waals surface area (Å²) in [7, 11) is 0. The predicted molar refractivity (Wildman–Crippen MR) is 66.8 cm³/mol. The first-order valence-corrected chi connectivity index (χ1v) is 5.58. The third-order valence-electron chi connectivity index (χ3n) is 2.78. The van der Waals surface area contributed by atoms with Crippen molar-refractivity contribution in [1.82, 2.24) is 0 Å². The Morgan fingerprint density at radius 2 is 1.72 bits per heavy atom. The maximum atomic E-state index is 12.8. The molecule has 2 aromatic rings. The molecule has 2 aromatic carbocycles. The maximum absolute atomic E-state index is 12.8. The van der Waals surface area contributed by atoms with E-state index in [4.69, 9.17) is 5.73 Å². The van der Waals surface area contributed by atoms with Crippen LogP contribution in [0, 0.1) is 5.82 Å². The molecule has 0 aliphatic heterocycles. The normalized spacial score (nSPS) is 12.3. The zero-order chi connectivity index (χ0) is 13.1. The Kier molecular flexibility index (Phi) is 3.48. The summed E-state index contributed by atoms with van der Waals surface area (Å²) in [6.07, 6.45) is 0.485. The molecule has 0 aliphatic carbocycles. The van der Waals surface area contributed by atoms with Crippen LogP contribution in [0.2, 0.25) is 0 Å². The molecule has 0 fully saturated rings. The number of rotatable bonds is 3. The topological polar surface area (TPSA) is 66.5 Å². The lowest BCUT2D eigenvalue weighted by atomic mass is 9.99. The van der Waals surface area contributed by atoms with Crippen LogP contribution in [0.15, 0.2) is 42.5 Å². The van der Waals surface area contributed by atoms with E-state index in [1.54, 1.807) is 18.2 Å². The van der Waals surface area contributed by atoms with E-state index < -0.39 is 6.04 Å². The molecular formula is C14H14FNO2. The van der Waals surface area contributed by atoms with Crippen LogP contribution in [-0.4, -0.2) is 10.2 Å². The fraction of sp³-hybridized carbons (Fsp3) is 0.143. The van der Waals surface area contributed by atoms with Gasteiger partial charge in [0.1, 0.15) is 17.3 Å². The highest BCUT2D eigenvalue weighted by molar-refractivity contribution is 5.41. The number of phenolic OH excluding ortho intramolecular Hbond substituents is 2. The second-order valence-electron chi connectivity index (χ2n) is 4.18. The van der Waals surface area contributed by atoms with E-state index >= 15 is 0 Å². The number of nitrogens with two attached hydrogens (primary N) is 1. The van der Waals surface area contributed by atoms with Gasteiger partial charge in [0.25, 0.3) is 0 Å².